The molecule has 0 aromatic carbocycles. The zero-order valence-corrected chi connectivity index (χ0v) is 12.9. The van der Waals surface area contributed by atoms with E-state index in [4.69, 9.17) is 11.6 Å². The molecule has 0 aliphatic rings. The third-order valence-electron chi connectivity index (χ3n) is 3.17. The molecule has 120 valence electrons. The number of hydrogen-bond acceptors (Lipinski definition) is 3. The van der Waals surface area contributed by atoms with Gasteiger partial charge in [-0.15, -0.1) is 0 Å². The Hall–Kier alpha value is -1.96. The van der Waals surface area contributed by atoms with Crippen molar-refractivity contribution in [2.24, 2.45) is 0 Å². The molecule has 0 unspecified atom stereocenters. The lowest BCUT2D eigenvalue weighted by molar-refractivity contribution is -0.122. The van der Waals surface area contributed by atoms with Gasteiger partial charge < -0.3 is 5.32 Å². The predicted octanol–water partition coefficient (Wildman–Crippen LogP) is 2.32. The molecule has 2 heterocycles. The monoisotopic (exact) mass is 331 g/mol. The first-order valence-corrected chi connectivity index (χ1v) is 7.09. The van der Waals surface area contributed by atoms with Crippen molar-refractivity contribution in [1.29, 1.82) is 0 Å². The summed E-state index contributed by atoms with van der Waals surface area (Å²) in [5.41, 5.74) is 0.863. The Labute approximate surface area is 131 Å². The molecule has 1 N–H and O–H groups in total. The second-order valence-electron chi connectivity index (χ2n) is 4.70. The molecule has 1 amide bonds. The van der Waals surface area contributed by atoms with Crippen molar-refractivity contribution in [2.75, 3.05) is 0 Å². The normalized spacial score (nSPS) is 11.2. The number of alkyl halides is 2. The number of nitrogens with one attached hydrogen (secondary N) is 1. The van der Waals surface area contributed by atoms with Gasteiger partial charge in [-0.2, -0.15) is 10.2 Å². The molecule has 0 aliphatic carbocycles. The first-order valence-electron chi connectivity index (χ1n) is 6.71. The molecule has 9 heteroatoms. The third-order valence-corrected chi connectivity index (χ3v) is 3.48. The average molecular weight is 332 g/mol. The van der Waals surface area contributed by atoms with Crippen LogP contribution in [0, 0.1) is 6.92 Å². The summed E-state index contributed by atoms with van der Waals surface area (Å²) in [6.45, 7) is 4.25. The van der Waals surface area contributed by atoms with E-state index in [1.165, 1.54) is 16.9 Å². The number of carbonyl (C=O) groups excluding carboxylic acids is 1. The lowest BCUT2D eigenvalue weighted by atomic mass is 10.4. The summed E-state index contributed by atoms with van der Waals surface area (Å²) in [5, 5.41) is 10.9. The van der Waals surface area contributed by atoms with E-state index in [1.807, 2.05) is 6.92 Å². The number of rotatable bonds is 6. The van der Waals surface area contributed by atoms with Crippen molar-refractivity contribution in [3.05, 3.63) is 34.4 Å². The highest BCUT2D eigenvalue weighted by Crippen LogP contribution is 2.18. The minimum atomic E-state index is -2.65. The molecule has 2 aromatic rings. The first-order chi connectivity index (χ1) is 10.4. The second-order valence-corrected chi connectivity index (χ2v) is 5.11. The van der Waals surface area contributed by atoms with E-state index in [0.717, 1.165) is 0 Å². The highest BCUT2D eigenvalue weighted by atomic mass is 35.5. The lowest BCUT2D eigenvalue weighted by Crippen LogP contribution is -2.29. The van der Waals surface area contributed by atoms with Crippen molar-refractivity contribution in [3.63, 3.8) is 0 Å². The highest BCUT2D eigenvalue weighted by molar-refractivity contribution is 6.31. The molecule has 0 aliphatic heterocycles. The predicted molar refractivity (Wildman–Crippen MR) is 76.7 cm³/mol. The van der Waals surface area contributed by atoms with Gasteiger partial charge in [0.15, 0.2) is 0 Å². The van der Waals surface area contributed by atoms with Crippen LogP contribution in [0.25, 0.3) is 0 Å². The number of hydrogen-bond donors (Lipinski definition) is 1. The van der Waals surface area contributed by atoms with Crippen molar-refractivity contribution in [2.45, 2.75) is 39.9 Å². The summed E-state index contributed by atoms with van der Waals surface area (Å²) in [4.78, 5) is 11.9. The van der Waals surface area contributed by atoms with Gasteiger partial charge in [0.25, 0.3) is 6.43 Å². The van der Waals surface area contributed by atoms with Gasteiger partial charge in [-0.1, -0.05) is 11.6 Å². The van der Waals surface area contributed by atoms with Crippen LogP contribution in [0.2, 0.25) is 5.02 Å². The molecule has 0 bridgehead atoms. The van der Waals surface area contributed by atoms with Crippen LogP contribution in [0.1, 0.15) is 30.4 Å². The fraction of sp³-hybridized carbons (Fsp3) is 0.462. The quantitative estimate of drug-likeness (QED) is 0.883. The zero-order chi connectivity index (χ0) is 16.3. The van der Waals surface area contributed by atoms with Crippen LogP contribution in [0.3, 0.4) is 0 Å². The average Bonchev–Trinajstić information content (AvgIpc) is 3.00. The van der Waals surface area contributed by atoms with Crippen molar-refractivity contribution >= 4 is 17.5 Å². The molecule has 0 fully saturated rings. The molecule has 2 aromatic heterocycles. The van der Waals surface area contributed by atoms with E-state index >= 15 is 0 Å². The molecular formula is C13H16ClF2N5O. The molecule has 6 nitrogen and oxygen atoms in total. The van der Waals surface area contributed by atoms with E-state index in [2.05, 4.69) is 15.5 Å². The van der Waals surface area contributed by atoms with Gasteiger partial charge in [0.1, 0.15) is 12.2 Å². The van der Waals surface area contributed by atoms with Gasteiger partial charge >= 0.3 is 0 Å². The molecule has 0 spiro atoms. The number of halogens is 3. The largest absolute Gasteiger partial charge is 0.349 e. The highest BCUT2D eigenvalue weighted by Gasteiger charge is 2.15. The number of amides is 1. The molecule has 2 rings (SSSR count). The van der Waals surface area contributed by atoms with Crippen LogP contribution in [0.15, 0.2) is 12.3 Å². The van der Waals surface area contributed by atoms with E-state index in [9.17, 15) is 13.6 Å². The lowest BCUT2D eigenvalue weighted by Gasteiger charge is -2.08. The maximum Gasteiger partial charge on any atom is 0.282 e. The molecule has 0 saturated carbocycles. The Balaban J connectivity index is 1.97. The van der Waals surface area contributed by atoms with Crippen LogP contribution in [-0.2, 0) is 24.4 Å². The summed E-state index contributed by atoms with van der Waals surface area (Å²) >= 11 is 6.00. The smallest absolute Gasteiger partial charge is 0.282 e. The maximum atomic E-state index is 12.6. The Morgan fingerprint density at radius 3 is 2.77 bits per heavy atom. The van der Waals surface area contributed by atoms with E-state index in [0.29, 0.717) is 23.0 Å². The molecule has 0 saturated heterocycles. The van der Waals surface area contributed by atoms with E-state index in [-0.39, 0.29) is 24.7 Å². The number of nitrogens with zero attached hydrogens (tertiary/aromatic N) is 4. The summed E-state index contributed by atoms with van der Waals surface area (Å²) < 4.78 is 28.0. The molecule has 22 heavy (non-hydrogen) atoms. The van der Waals surface area contributed by atoms with Gasteiger partial charge in [0.05, 0.1) is 23.5 Å². The Kier molecular flexibility index (Phi) is 5.12. The van der Waals surface area contributed by atoms with Crippen LogP contribution in [-0.4, -0.2) is 25.5 Å². The summed E-state index contributed by atoms with van der Waals surface area (Å²) in [7, 11) is 0. The standard InChI is InChI=1S/C13H16ClF2N5O/c1-3-20-11(9(14)5-18-20)6-17-12(22)7-21-8(2)4-10(19-21)13(15)16/h4-5,13H,3,6-7H2,1-2H3,(H,17,22). The van der Waals surface area contributed by atoms with E-state index < -0.39 is 6.43 Å². The zero-order valence-electron chi connectivity index (χ0n) is 12.2. The van der Waals surface area contributed by atoms with Crippen LogP contribution in [0.4, 0.5) is 8.78 Å². The number of aryl methyl sites for hydroxylation is 2. The minimum absolute atomic E-state index is 0.129. The fourth-order valence-electron chi connectivity index (χ4n) is 2.01. The van der Waals surface area contributed by atoms with Gasteiger partial charge in [-0.3, -0.25) is 14.2 Å². The van der Waals surface area contributed by atoms with E-state index in [1.54, 1.807) is 11.6 Å². The fourth-order valence-corrected chi connectivity index (χ4v) is 2.22. The van der Waals surface area contributed by atoms with Crippen molar-refractivity contribution in [3.8, 4) is 0 Å². The maximum absolute atomic E-state index is 12.6. The molecular weight excluding hydrogens is 316 g/mol. The summed E-state index contributed by atoms with van der Waals surface area (Å²) in [5.74, 6) is -0.341. The Morgan fingerprint density at radius 1 is 1.45 bits per heavy atom. The van der Waals surface area contributed by atoms with Crippen molar-refractivity contribution in [1.82, 2.24) is 24.9 Å². The number of carbonyl (C=O) groups is 1. The van der Waals surface area contributed by atoms with Gasteiger partial charge in [-0.05, 0) is 19.9 Å². The van der Waals surface area contributed by atoms with Gasteiger partial charge in [0.2, 0.25) is 5.91 Å². The van der Waals surface area contributed by atoms with Crippen molar-refractivity contribution < 1.29 is 13.6 Å². The van der Waals surface area contributed by atoms with Crippen LogP contribution < -0.4 is 5.32 Å². The minimum Gasteiger partial charge on any atom is -0.349 e. The Morgan fingerprint density at radius 2 is 2.18 bits per heavy atom. The topological polar surface area (TPSA) is 64.7 Å². The van der Waals surface area contributed by atoms with Crippen LogP contribution in [0.5, 0.6) is 0 Å². The first kappa shape index (κ1) is 16.4. The summed E-state index contributed by atoms with van der Waals surface area (Å²) in [6.07, 6.45) is -1.14. The number of aromatic nitrogens is 4. The second kappa shape index (κ2) is 6.87. The summed E-state index contributed by atoms with van der Waals surface area (Å²) in [6, 6.07) is 1.26. The molecule has 0 atom stereocenters. The Bertz CT molecular complexity index is 667. The van der Waals surface area contributed by atoms with Crippen LogP contribution >= 0.6 is 11.6 Å². The van der Waals surface area contributed by atoms with Gasteiger partial charge in [-0.25, -0.2) is 8.78 Å². The SMILES string of the molecule is CCn1ncc(Cl)c1CNC(=O)Cn1nc(C(F)F)cc1C. The third kappa shape index (κ3) is 3.62. The molecule has 0 radical (unpaired) electrons. The van der Waals surface area contributed by atoms with Gasteiger partial charge in [0, 0.05) is 12.2 Å².